The molecular weight excluding hydrogens is 354 g/mol. The van der Waals surface area contributed by atoms with Crippen molar-refractivity contribution in [2.75, 3.05) is 10.6 Å². The molecule has 144 valence electrons. The van der Waals surface area contributed by atoms with Crippen LogP contribution in [0.5, 0.6) is 0 Å². The van der Waals surface area contributed by atoms with E-state index in [1.165, 1.54) is 6.33 Å². The van der Waals surface area contributed by atoms with Crippen LogP contribution in [0.1, 0.15) is 36.7 Å². The number of hydrogen-bond donors (Lipinski definition) is 2. The van der Waals surface area contributed by atoms with Gasteiger partial charge in [0.25, 0.3) is 5.91 Å². The number of nitrogens with one attached hydrogen (secondary N) is 2. The smallest absolute Gasteiger partial charge is 0.255 e. The van der Waals surface area contributed by atoms with Crippen LogP contribution < -0.4 is 10.6 Å². The Labute approximate surface area is 163 Å². The summed E-state index contributed by atoms with van der Waals surface area (Å²) in [5.74, 6) is 0.438. The van der Waals surface area contributed by atoms with E-state index in [0.29, 0.717) is 11.5 Å². The Morgan fingerprint density at radius 3 is 2.75 bits per heavy atom. The highest BCUT2D eigenvalue weighted by Crippen LogP contribution is 2.36. The second kappa shape index (κ2) is 6.95. The molecule has 0 aliphatic carbocycles. The van der Waals surface area contributed by atoms with E-state index in [9.17, 15) is 4.79 Å². The standard InChI is InChI=1S/C20H23N7O/c1-5-26-10-15(13(3)25-26)18-17(14(4)23-20-21-11-22-27(18)20)19(28)24-16-9-7-6-8-12(16)2/h6-11,18H,5H2,1-4H3,(H,24,28)(H,21,22,23)/t18-/m0/s1. The Morgan fingerprint density at radius 1 is 1.25 bits per heavy atom. The van der Waals surface area contributed by atoms with Gasteiger partial charge in [0.15, 0.2) is 0 Å². The maximum absolute atomic E-state index is 13.3. The molecule has 8 heteroatoms. The normalized spacial score (nSPS) is 15.9. The fourth-order valence-electron chi connectivity index (χ4n) is 3.54. The molecule has 0 bridgehead atoms. The molecule has 1 aromatic carbocycles. The molecule has 0 spiro atoms. The highest BCUT2D eigenvalue weighted by Gasteiger charge is 2.35. The molecule has 2 N–H and O–H groups in total. The molecule has 0 fully saturated rings. The zero-order valence-corrected chi connectivity index (χ0v) is 16.4. The van der Waals surface area contributed by atoms with Crippen molar-refractivity contribution in [3.8, 4) is 0 Å². The summed E-state index contributed by atoms with van der Waals surface area (Å²) in [6.45, 7) is 8.60. The van der Waals surface area contributed by atoms with Crippen molar-refractivity contribution in [2.45, 2.75) is 40.3 Å². The lowest BCUT2D eigenvalue weighted by atomic mass is 9.95. The van der Waals surface area contributed by atoms with E-state index in [-0.39, 0.29) is 5.91 Å². The summed E-state index contributed by atoms with van der Waals surface area (Å²) in [5.41, 5.74) is 4.94. The number of fused-ring (bicyclic) bond motifs is 1. The number of hydrogen-bond acceptors (Lipinski definition) is 5. The first-order valence-electron chi connectivity index (χ1n) is 9.27. The van der Waals surface area contributed by atoms with Crippen LogP contribution in [0.25, 0.3) is 0 Å². The molecule has 2 aromatic heterocycles. The van der Waals surface area contributed by atoms with Crippen LogP contribution in [0.2, 0.25) is 0 Å². The third kappa shape index (κ3) is 2.96. The Kier molecular flexibility index (Phi) is 4.46. The SMILES string of the molecule is CCn1cc([C@H]2C(C(=O)Nc3ccccc3C)=C(C)Nc3ncnn32)c(C)n1. The third-order valence-electron chi connectivity index (χ3n) is 5.04. The highest BCUT2D eigenvalue weighted by molar-refractivity contribution is 6.06. The Bertz CT molecular complexity index is 1080. The number of allylic oxidation sites excluding steroid dienone is 1. The lowest BCUT2D eigenvalue weighted by Crippen LogP contribution is -2.31. The molecule has 1 atom stereocenters. The van der Waals surface area contributed by atoms with Gasteiger partial charge in [0.2, 0.25) is 5.95 Å². The molecule has 3 heterocycles. The number of aryl methyl sites for hydroxylation is 3. The van der Waals surface area contributed by atoms with Crippen LogP contribution in [-0.2, 0) is 11.3 Å². The first-order valence-corrected chi connectivity index (χ1v) is 9.27. The lowest BCUT2D eigenvalue weighted by molar-refractivity contribution is -0.113. The van der Waals surface area contributed by atoms with Gasteiger partial charge in [-0.15, -0.1) is 0 Å². The zero-order valence-electron chi connectivity index (χ0n) is 16.4. The number of benzene rings is 1. The number of nitrogens with zero attached hydrogens (tertiary/aromatic N) is 5. The summed E-state index contributed by atoms with van der Waals surface area (Å²) in [5, 5.41) is 15.2. The molecule has 4 rings (SSSR count). The van der Waals surface area contributed by atoms with E-state index in [4.69, 9.17) is 0 Å². The summed E-state index contributed by atoms with van der Waals surface area (Å²) < 4.78 is 3.61. The second-order valence-corrected chi connectivity index (χ2v) is 6.89. The molecule has 28 heavy (non-hydrogen) atoms. The van der Waals surface area contributed by atoms with Gasteiger partial charge < -0.3 is 10.6 Å². The molecule has 1 aliphatic rings. The fourth-order valence-corrected chi connectivity index (χ4v) is 3.54. The van der Waals surface area contributed by atoms with E-state index in [1.54, 1.807) is 4.68 Å². The van der Waals surface area contributed by atoms with Gasteiger partial charge in [0, 0.05) is 29.7 Å². The van der Waals surface area contributed by atoms with E-state index < -0.39 is 6.04 Å². The van der Waals surface area contributed by atoms with Gasteiger partial charge in [-0.2, -0.15) is 15.2 Å². The lowest BCUT2D eigenvalue weighted by Gasteiger charge is -2.28. The van der Waals surface area contributed by atoms with Gasteiger partial charge in [-0.05, 0) is 39.3 Å². The predicted octanol–water partition coefficient (Wildman–Crippen LogP) is 3.04. The van der Waals surface area contributed by atoms with Crippen LogP contribution >= 0.6 is 0 Å². The minimum absolute atomic E-state index is 0.172. The topological polar surface area (TPSA) is 89.7 Å². The number of carbonyl (C=O) groups excluding carboxylic acids is 1. The average Bonchev–Trinajstić information content (AvgIpc) is 3.28. The van der Waals surface area contributed by atoms with Crippen LogP contribution in [0, 0.1) is 13.8 Å². The molecule has 0 radical (unpaired) electrons. The molecular formula is C20H23N7O. The maximum atomic E-state index is 13.3. The van der Waals surface area contributed by atoms with Crippen molar-refractivity contribution in [2.24, 2.45) is 0 Å². The van der Waals surface area contributed by atoms with Gasteiger partial charge in [-0.1, -0.05) is 18.2 Å². The molecule has 0 saturated heterocycles. The van der Waals surface area contributed by atoms with Gasteiger partial charge in [0.05, 0.1) is 11.3 Å². The molecule has 0 saturated carbocycles. The van der Waals surface area contributed by atoms with Gasteiger partial charge in [-0.25, -0.2) is 4.68 Å². The minimum Gasteiger partial charge on any atom is -0.328 e. The fraction of sp³-hybridized carbons (Fsp3) is 0.300. The third-order valence-corrected chi connectivity index (χ3v) is 5.04. The van der Waals surface area contributed by atoms with E-state index in [2.05, 4.69) is 25.8 Å². The number of para-hydroxylation sites is 1. The number of anilines is 2. The average molecular weight is 377 g/mol. The van der Waals surface area contributed by atoms with E-state index in [0.717, 1.165) is 34.8 Å². The first kappa shape index (κ1) is 18.0. The monoisotopic (exact) mass is 377 g/mol. The van der Waals surface area contributed by atoms with Crippen molar-refractivity contribution in [3.05, 3.63) is 64.9 Å². The number of carbonyl (C=O) groups is 1. The zero-order chi connectivity index (χ0) is 19.8. The summed E-state index contributed by atoms with van der Waals surface area (Å²) >= 11 is 0. The highest BCUT2D eigenvalue weighted by atomic mass is 16.1. The van der Waals surface area contributed by atoms with Crippen LogP contribution in [0.15, 0.2) is 48.1 Å². The van der Waals surface area contributed by atoms with Crippen LogP contribution in [0.4, 0.5) is 11.6 Å². The molecule has 8 nitrogen and oxygen atoms in total. The van der Waals surface area contributed by atoms with Crippen molar-refractivity contribution < 1.29 is 4.79 Å². The quantitative estimate of drug-likeness (QED) is 0.729. The Hall–Kier alpha value is -3.42. The van der Waals surface area contributed by atoms with Crippen molar-refractivity contribution in [3.63, 3.8) is 0 Å². The van der Waals surface area contributed by atoms with Crippen LogP contribution in [-0.4, -0.2) is 30.5 Å². The van der Waals surface area contributed by atoms with Gasteiger partial charge in [-0.3, -0.25) is 9.48 Å². The summed E-state index contributed by atoms with van der Waals surface area (Å²) in [6, 6.07) is 7.33. The van der Waals surface area contributed by atoms with E-state index >= 15 is 0 Å². The Balaban J connectivity index is 1.80. The summed E-state index contributed by atoms with van der Waals surface area (Å²) in [7, 11) is 0. The van der Waals surface area contributed by atoms with Crippen molar-refractivity contribution >= 4 is 17.5 Å². The van der Waals surface area contributed by atoms with Gasteiger partial charge in [0.1, 0.15) is 12.4 Å². The largest absolute Gasteiger partial charge is 0.328 e. The number of aromatic nitrogens is 5. The molecule has 1 amide bonds. The minimum atomic E-state index is -0.400. The van der Waals surface area contributed by atoms with Crippen molar-refractivity contribution in [1.29, 1.82) is 0 Å². The van der Waals surface area contributed by atoms with Crippen LogP contribution in [0.3, 0.4) is 0 Å². The Morgan fingerprint density at radius 2 is 2.04 bits per heavy atom. The number of rotatable bonds is 4. The van der Waals surface area contributed by atoms with Gasteiger partial charge >= 0.3 is 0 Å². The molecule has 0 unspecified atom stereocenters. The molecule has 1 aliphatic heterocycles. The molecule has 3 aromatic rings. The maximum Gasteiger partial charge on any atom is 0.255 e. The second-order valence-electron chi connectivity index (χ2n) is 6.89. The summed E-state index contributed by atoms with van der Waals surface area (Å²) in [6.07, 6.45) is 3.47. The first-order chi connectivity index (χ1) is 13.5. The van der Waals surface area contributed by atoms with E-state index in [1.807, 2.05) is 62.8 Å². The predicted molar refractivity (Wildman–Crippen MR) is 107 cm³/mol. The number of amides is 1. The van der Waals surface area contributed by atoms with Crippen molar-refractivity contribution in [1.82, 2.24) is 24.5 Å². The summed E-state index contributed by atoms with van der Waals surface area (Å²) in [4.78, 5) is 17.6.